The van der Waals surface area contributed by atoms with Crippen LogP contribution in [0.2, 0.25) is 0 Å². The van der Waals surface area contributed by atoms with E-state index in [9.17, 15) is 14.9 Å². The molecule has 0 bridgehead atoms. The summed E-state index contributed by atoms with van der Waals surface area (Å²) in [6, 6.07) is 16.6. The molecule has 23 heavy (non-hydrogen) atoms. The number of esters is 1. The van der Waals surface area contributed by atoms with Crippen LogP contribution in [0.4, 0.5) is 5.69 Å². The van der Waals surface area contributed by atoms with E-state index in [1.165, 1.54) is 24.3 Å². The maximum Gasteiger partial charge on any atom is 0.311 e. The highest BCUT2D eigenvalue weighted by molar-refractivity contribution is 5.73. The van der Waals surface area contributed by atoms with Crippen molar-refractivity contribution in [1.82, 2.24) is 0 Å². The van der Waals surface area contributed by atoms with Crippen molar-refractivity contribution in [2.45, 2.75) is 18.8 Å². The summed E-state index contributed by atoms with van der Waals surface area (Å²) in [5.74, 6) is -0.487. The predicted molar refractivity (Wildman–Crippen MR) is 82.8 cm³/mol. The average Bonchev–Trinajstić information content (AvgIpc) is 2.55. The van der Waals surface area contributed by atoms with Crippen molar-refractivity contribution in [3.05, 3.63) is 70.3 Å². The minimum absolute atomic E-state index is 0.0640. The maximum atomic E-state index is 12.0. The van der Waals surface area contributed by atoms with Gasteiger partial charge < -0.3 is 4.74 Å². The zero-order valence-electron chi connectivity index (χ0n) is 12.2. The summed E-state index contributed by atoms with van der Waals surface area (Å²) in [5, 5.41) is 19.5. The van der Waals surface area contributed by atoms with Crippen molar-refractivity contribution >= 4 is 11.7 Å². The molecule has 0 amide bonds. The summed E-state index contributed by atoms with van der Waals surface area (Å²) in [7, 11) is 0. The van der Waals surface area contributed by atoms with Crippen LogP contribution in [0, 0.1) is 21.4 Å². The molecule has 0 aliphatic heterocycles. The fourth-order valence-electron chi connectivity index (χ4n) is 2.15. The molecule has 0 heterocycles. The van der Waals surface area contributed by atoms with Gasteiger partial charge in [0.05, 0.1) is 17.4 Å². The summed E-state index contributed by atoms with van der Waals surface area (Å²) in [6.07, 6.45) is 0.272. The van der Waals surface area contributed by atoms with E-state index in [1.807, 2.05) is 30.3 Å². The Morgan fingerprint density at radius 3 is 2.39 bits per heavy atom. The third-order valence-electron chi connectivity index (χ3n) is 3.30. The van der Waals surface area contributed by atoms with Crippen LogP contribution in [0.1, 0.15) is 24.3 Å². The van der Waals surface area contributed by atoms with E-state index < -0.39 is 10.9 Å². The number of benzene rings is 2. The first-order valence-corrected chi connectivity index (χ1v) is 6.97. The summed E-state index contributed by atoms with van der Waals surface area (Å²) in [4.78, 5) is 22.1. The van der Waals surface area contributed by atoms with Gasteiger partial charge in [0.15, 0.2) is 0 Å². The summed E-state index contributed by atoms with van der Waals surface area (Å²) >= 11 is 0. The SMILES string of the molecule is N#CCC(CC(=O)Oc1ccc([N+](=O)[O-])cc1)c1ccccc1. The number of hydrogen-bond acceptors (Lipinski definition) is 5. The molecule has 116 valence electrons. The highest BCUT2D eigenvalue weighted by atomic mass is 16.6. The predicted octanol–water partition coefficient (Wildman–Crippen LogP) is 3.59. The van der Waals surface area contributed by atoms with Crippen LogP contribution >= 0.6 is 0 Å². The smallest absolute Gasteiger partial charge is 0.311 e. The summed E-state index contributed by atoms with van der Waals surface area (Å²) in [5.41, 5.74) is 0.825. The molecule has 0 spiro atoms. The first-order valence-electron chi connectivity index (χ1n) is 6.97. The van der Waals surface area contributed by atoms with Crippen LogP contribution in [0.3, 0.4) is 0 Å². The van der Waals surface area contributed by atoms with Gasteiger partial charge in [0.2, 0.25) is 0 Å². The lowest BCUT2D eigenvalue weighted by Gasteiger charge is -2.13. The molecule has 0 aliphatic carbocycles. The molecular weight excluding hydrogens is 296 g/mol. The van der Waals surface area contributed by atoms with Gasteiger partial charge in [-0.15, -0.1) is 0 Å². The van der Waals surface area contributed by atoms with Gasteiger partial charge in [-0.1, -0.05) is 30.3 Å². The molecule has 2 aromatic carbocycles. The van der Waals surface area contributed by atoms with E-state index in [-0.39, 0.29) is 30.2 Å². The van der Waals surface area contributed by atoms with Crippen molar-refractivity contribution in [3.63, 3.8) is 0 Å². The molecule has 0 fully saturated rings. The van der Waals surface area contributed by atoms with E-state index in [2.05, 4.69) is 6.07 Å². The van der Waals surface area contributed by atoms with Gasteiger partial charge in [-0.05, 0) is 17.7 Å². The summed E-state index contributed by atoms with van der Waals surface area (Å²) in [6.45, 7) is 0. The van der Waals surface area contributed by atoms with Gasteiger partial charge in [0.25, 0.3) is 5.69 Å². The zero-order valence-corrected chi connectivity index (χ0v) is 12.2. The number of nitriles is 1. The van der Waals surface area contributed by atoms with Crippen molar-refractivity contribution < 1.29 is 14.5 Å². The number of nitro groups is 1. The molecule has 0 saturated heterocycles. The molecule has 0 saturated carbocycles. The Morgan fingerprint density at radius 1 is 1.17 bits per heavy atom. The third kappa shape index (κ3) is 4.64. The van der Waals surface area contributed by atoms with Gasteiger partial charge in [0.1, 0.15) is 5.75 Å². The summed E-state index contributed by atoms with van der Waals surface area (Å²) < 4.78 is 5.18. The monoisotopic (exact) mass is 310 g/mol. The molecular formula is C17H14N2O4. The second-order valence-corrected chi connectivity index (χ2v) is 4.90. The lowest BCUT2D eigenvalue weighted by Crippen LogP contribution is -2.13. The molecule has 0 radical (unpaired) electrons. The Bertz CT molecular complexity index is 721. The van der Waals surface area contributed by atoms with Gasteiger partial charge in [0, 0.05) is 24.5 Å². The number of non-ortho nitro benzene ring substituents is 1. The molecule has 1 unspecified atom stereocenters. The zero-order chi connectivity index (χ0) is 16.7. The van der Waals surface area contributed by atoms with Crippen LogP contribution in [-0.4, -0.2) is 10.9 Å². The highest BCUT2D eigenvalue weighted by Crippen LogP contribution is 2.24. The third-order valence-corrected chi connectivity index (χ3v) is 3.30. The fourth-order valence-corrected chi connectivity index (χ4v) is 2.15. The van der Waals surface area contributed by atoms with Crippen molar-refractivity contribution in [3.8, 4) is 11.8 Å². The first-order chi connectivity index (χ1) is 11.1. The lowest BCUT2D eigenvalue weighted by molar-refractivity contribution is -0.384. The van der Waals surface area contributed by atoms with Crippen LogP contribution in [-0.2, 0) is 4.79 Å². The van der Waals surface area contributed by atoms with Crippen molar-refractivity contribution in [2.24, 2.45) is 0 Å². The number of hydrogen-bond donors (Lipinski definition) is 0. The minimum Gasteiger partial charge on any atom is -0.427 e. The fraction of sp³-hybridized carbons (Fsp3) is 0.176. The number of rotatable bonds is 6. The van der Waals surface area contributed by atoms with Gasteiger partial charge in [-0.2, -0.15) is 5.26 Å². The normalized spacial score (nSPS) is 11.3. The van der Waals surface area contributed by atoms with Crippen molar-refractivity contribution in [2.75, 3.05) is 0 Å². The quantitative estimate of drug-likeness (QED) is 0.352. The molecule has 1 atom stereocenters. The largest absolute Gasteiger partial charge is 0.427 e. The van der Waals surface area contributed by atoms with E-state index >= 15 is 0 Å². The Labute approximate surface area is 133 Å². The van der Waals surface area contributed by atoms with Gasteiger partial charge in [-0.25, -0.2) is 0 Å². The second-order valence-electron chi connectivity index (χ2n) is 4.90. The van der Waals surface area contributed by atoms with Gasteiger partial charge >= 0.3 is 5.97 Å². The van der Waals surface area contributed by atoms with E-state index in [0.29, 0.717) is 0 Å². The maximum absolute atomic E-state index is 12.0. The Morgan fingerprint density at radius 2 is 1.83 bits per heavy atom. The Kier molecular flexibility index (Phi) is 5.42. The molecule has 0 aliphatic rings. The second kappa shape index (κ2) is 7.71. The minimum atomic E-state index is -0.524. The van der Waals surface area contributed by atoms with E-state index in [0.717, 1.165) is 5.56 Å². The van der Waals surface area contributed by atoms with E-state index in [1.54, 1.807) is 0 Å². The Balaban J connectivity index is 2.02. The van der Waals surface area contributed by atoms with Crippen molar-refractivity contribution in [1.29, 1.82) is 5.26 Å². The number of carbonyl (C=O) groups excluding carboxylic acids is 1. The number of ether oxygens (including phenoxy) is 1. The molecule has 0 aromatic heterocycles. The van der Waals surface area contributed by atoms with Crippen LogP contribution in [0.15, 0.2) is 54.6 Å². The number of nitrogens with zero attached hydrogens (tertiary/aromatic N) is 2. The first kappa shape index (κ1) is 16.2. The van der Waals surface area contributed by atoms with Crippen LogP contribution in [0.5, 0.6) is 5.75 Å². The molecule has 6 nitrogen and oxygen atoms in total. The Hall–Kier alpha value is -3.20. The molecule has 2 rings (SSSR count). The topological polar surface area (TPSA) is 93.2 Å². The number of nitro benzene ring substituents is 1. The van der Waals surface area contributed by atoms with Gasteiger partial charge in [-0.3, -0.25) is 14.9 Å². The van der Waals surface area contributed by atoms with E-state index in [4.69, 9.17) is 10.00 Å². The molecule has 0 N–H and O–H groups in total. The lowest BCUT2D eigenvalue weighted by atomic mass is 9.93. The standard InChI is InChI=1S/C17H14N2O4/c18-11-10-14(13-4-2-1-3-5-13)12-17(20)23-16-8-6-15(7-9-16)19(21)22/h1-9,14H,10,12H2. The average molecular weight is 310 g/mol. The van der Waals surface area contributed by atoms with Crippen LogP contribution in [0.25, 0.3) is 0 Å². The number of carbonyl (C=O) groups is 1. The highest BCUT2D eigenvalue weighted by Gasteiger charge is 2.17. The molecule has 6 heteroatoms. The van der Waals surface area contributed by atoms with Crippen LogP contribution < -0.4 is 4.74 Å². The molecule has 2 aromatic rings.